The van der Waals surface area contributed by atoms with Gasteiger partial charge in [-0.2, -0.15) is 0 Å². The maximum Gasteiger partial charge on any atom is 0.341 e. The predicted octanol–water partition coefficient (Wildman–Crippen LogP) is 1.54. The number of rotatable bonds is 5. The molecule has 0 aliphatic rings. The van der Waals surface area contributed by atoms with Crippen molar-refractivity contribution in [2.24, 2.45) is 0 Å². The molecule has 0 unspecified atom stereocenters. The minimum absolute atomic E-state index is 0.159. The molecule has 0 amide bonds. The van der Waals surface area contributed by atoms with Crippen molar-refractivity contribution < 1.29 is 18.7 Å². The number of esters is 1. The number of carbonyl (C=O) groups is 2. The number of halogens is 1. The zero-order valence-electron chi connectivity index (χ0n) is 12.6. The van der Waals surface area contributed by atoms with Gasteiger partial charge in [0.2, 0.25) is 0 Å². The fourth-order valence-electron chi connectivity index (χ4n) is 1.97. The molecule has 7 heteroatoms. The number of anilines is 2. The molecule has 0 saturated heterocycles. The minimum Gasteiger partial charge on any atom is -0.462 e. The van der Waals surface area contributed by atoms with Crippen molar-refractivity contribution in [2.45, 2.75) is 13.8 Å². The van der Waals surface area contributed by atoms with Crippen LogP contribution in [0.4, 0.5) is 15.9 Å². The molecule has 0 bridgehead atoms. The first kappa shape index (κ1) is 15.8. The van der Waals surface area contributed by atoms with Gasteiger partial charge in [0.25, 0.3) is 0 Å². The third kappa shape index (κ3) is 3.36. The molecule has 1 aromatic heterocycles. The van der Waals surface area contributed by atoms with Gasteiger partial charge in [-0.05, 0) is 25.1 Å². The van der Waals surface area contributed by atoms with Crippen LogP contribution in [0.3, 0.4) is 0 Å². The number of hydrogen-bond donors (Lipinski definition) is 2. The van der Waals surface area contributed by atoms with Gasteiger partial charge in [-0.25, -0.2) is 9.18 Å². The van der Waals surface area contributed by atoms with Crippen molar-refractivity contribution in [3.05, 3.63) is 41.3 Å². The van der Waals surface area contributed by atoms with Crippen LogP contribution in [0, 0.1) is 5.82 Å². The Morgan fingerprint density at radius 3 is 2.68 bits per heavy atom. The molecule has 2 N–H and O–H groups in total. The second kappa shape index (κ2) is 6.47. The first-order valence-electron chi connectivity index (χ1n) is 6.86. The maximum atomic E-state index is 13.9. The summed E-state index contributed by atoms with van der Waals surface area (Å²) in [5.74, 6) is -1.04. The molecule has 1 aromatic carbocycles. The van der Waals surface area contributed by atoms with Gasteiger partial charge in [0.15, 0.2) is 5.78 Å². The summed E-state index contributed by atoms with van der Waals surface area (Å²) in [5.41, 5.74) is 1.39. The van der Waals surface area contributed by atoms with Crippen molar-refractivity contribution >= 4 is 36.6 Å². The highest BCUT2D eigenvalue weighted by Gasteiger charge is 2.19. The SMILES string of the molecule is Bc1ccc(Nc2[nH]c(C(C)=O)cc2C(=O)OCC)c(F)c1. The Kier molecular flexibility index (Phi) is 4.65. The van der Waals surface area contributed by atoms with Gasteiger partial charge in [-0.15, -0.1) is 0 Å². The molecule has 2 rings (SSSR count). The number of aromatic nitrogens is 1. The van der Waals surface area contributed by atoms with Gasteiger partial charge in [0.05, 0.1) is 18.0 Å². The van der Waals surface area contributed by atoms with Crippen molar-refractivity contribution in [3.63, 3.8) is 0 Å². The van der Waals surface area contributed by atoms with Gasteiger partial charge < -0.3 is 15.0 Å². The van der Waals surface area contributed by atoms with E-state index < -0.39 is 11.8 Å². The van der Waals surface area contributed by atoms with Gasteiger partial charge >= 0.3 is 5.97 Å². The van der Waals surface area contributed by atoms with E-state index >= 15 is 0 Å². The summed E-state index contributed by atoms with van der Waals surface area (Å²) in [6, 6.07) is 6.08. The van der Waals surface area contributed by atoms with Crippen LogP contribution in [-0.4, -0.2) is 31.2 Å². The van der Waals surface area contributed by atoms with E-state index in [-0.39, 0.29) is 35.2 Å². The first-order chi connectivity index (χ1) is 10.4. The van der Waals surface area contributed by atoms with Crippen molar-refractivity contribution in [1.29, 1.82) is 0 Å². The molecule has 0 aliphatic heterocycles. The number of benzene rings is 1. The Bertz CT molecular complexity index is 728. The topological polar surface area (TPSA) is 71.2 Å². The Labute approximate surface area is 128 Å². The molecular weight excluding hydrogens is 286 g/mol. The van der Waals surface area contributed by atoms with E-state index in [2.05, 4.69) is 10.3 Å². The quantitative estimate of drug-likeness (QED) is 0.499. The van der Waals surface area contributed by atoms with Gasteiger partial charge in [-0.3, -0.25) is 4.79 Å². The van der Waals surface area contributed by atoms with Crippen LogP contribution in [-0.2, 0) is 4.74 Å². The summed E-state index contributed by atoms with van der Waals surface area (Å²) < 4.78 is 18.9. The fourth-order valence-corrected chi connectivity index (χ4v) is 1.97. The first-order valence-corrected chi connectivity index (χ1v) is 6.86. The zero-order chi connectivity index (χ0) is 16.3. The second-order valence-corrected chi connectivity index (χ2v) is 4.86. The molecule has 0 aliphatic carbocycles. The Morgan fingerprint density at radius 2 is 2.09 bits per heavy atom. The third-order valence-corrected chi connectivity index (χ3v) is 3.08. The maximum absolute atomic E-state index is 13.9. The van der Waals surface area contributed by atoms with Crippen molar-refractivity contribution in [3.8, 4) is 0 Å². The predicted molar refractivity (Wildman–Crippen MR) is 84.6 cm³/mol. The standard InChI is InChI=1S/C15H16BFN2O3/c1-3-22-15(21)10-7-13(8(2)20)19-14(10)18-12-5-4-9(16)6-11(12)17/h4-7,18-19H,3,16H2,1-2H3. The van der Waals surface area contributed by atoms with Crippen LogP contribution in [0.2, 0.25) is 0 Å². The lowest BCUT2D eigenvalue weighted by Gasteiger charge is -2.09. The second-order valence-electron chi connectivity index (χ2n) is 4.86. The molecule has 2 aromatic rings. The molecule has 0 fully saturated rings. The summed E-state index contributed by atoms with van der Waals surface area (Å²) in [6.45, 7) is 3.26. The van der Waals surface area contributed by atoms with Crippen LogP contribution in [0.15, 0.2) is 24.3 Å². The number of ether oxygens (including phenoxy) is 1. The highest BCUT2D eigenvalue weighted by atomic mass is 19.1. The molecule has 5 nitrogen and oxygen atoms in total. The van der Waals surface area contributed by atoms with Gasteiger partial charge in [-0.1, -0.05) is 11.5 Å². The van der Waals surface area contributed by atoms with E-state index in [9.17, 15) is 14.0 Å². The van der Waals surface area contributed by atoms with Crippen molar-refractivity contribution in [2.75, 3.05) is 11.9 Å². The smallest absolute Gasteiger partial charge is 0.341 e. The highest BCUT2D eigenvalue weighted by Crippen LogP contribution is 2.24. The molecule has 114 valence electrons. The Hall–Kier alpha value is -2.57. The van der Waals surface area contributed by atoms with Crippen molar-refractivity contribution in [1.82, 2.24) is 4.98 Å². The number of nitrogens with one attached hydrogen (secondary N) is 2. The number of ketones is 1. The molecule has 0 spiro atoms. The van der Waals surface area contributed by atoms with Gasteiger partial charge in [0.1, 0.15) is 25.0 Å². The van der Waals surface area contributed by atoms with E-state index in [4.69, 9.17) is 4.74 Å². The van der Waals surface area contributed by atoms with Crippen LogP contribution in [0.25, 0.3) is 0 Å². The van der Waals surface area contributed by atoms with Crippen LogP contribution >= 0.6 is 0 Å². The molecular formula is C15H16BFN2O3. The summed E-state index contributed by atoms with van der Waals surface area (Å²) >= 11 is 0. The number of carbonyl (C=O) groups excluding carboxylic acids is 2. The Balaban J connectivity index is 2.40. The molecule has 0 radical (unpaired) electrons. The fraction of sp³-hybridized carbons (Fsp3) is 0.200. The lowest BCUT2D eigenvalue weighted by molar-refractivity contribution is 0.0528. The number of hydrogen-bond acceptors (Lipinski definition) is 4. The number of Topliss-reactive ketones (excluding diaryl/α,β-unsaturated/α-hetero) is 1. The molecule has 22 heavy (non-hydrogen) atoms. The lowest BCUT2D eigenvalue weighted by atomic mass is 9.96. The summed E-state index contributed by atoms with van der Waals surface area (Å²) in [5, 5.41) is 2.80. The average molecular weight is 302 g/mol. The summed E-state index contributed by atoms with van der Waals surface area (Å²) in [4.78, 5) is 26.2. The molecule has 1 heterocycles. The summed E-state index contributed by atoms with van der Waals surface area (Å²) in [7, 11) is 1.78. The Morgan fingerprint density at radius 1 is 1.36 bits per heavy atom. The number of H-pyrrole nitrogens is 1. The lowest BCUT2D eigenvalue weighted by Crippen LogP contribution is -2.08. The highest BCUT2D eigenvalue weighted by molar-refractivity contribution is 6.32. The van der Waals surface area contributed by atoms with Gasteiger partial charge in [0, 0.05) is 6.92 Å². The largest absolute Gasteiger partial charge is 0.462 e. The van der Waals surface area contributed by atoms with E-state index in [1.165, 1.54) is 19.1 Å². The normalized spacial score (nSPS) is 10.3. The van der Waals surface area contributed by atoms with Crippen LogP contribution in [0.1, 0.15) is 34.7 Å². The van der Waals surface area contributed by atoms with E-state index in [0.717, 1.165) is 5.46 Å². The van der Waals surface area contributed by atoms with E-state index in [1.807, 2.05) is 0 Å². The van der Waals surface area contributed by atoms with Crippen LogP contribution < -0.4 is 10.8 Å². The third-order valence-electron chi connectivity index (χ3n) is 3.08. The average Bonchev–Trinajstić information content (AvgIpc) is 2.86. The molecule has 0 saturated carbocycles. The number of aromatic amines is 1. The summed E-state index contributed by atoms with van der Waals surface area (Å²) in [6.07, 6.45) is 0. The van der Waals surface area contributed by atoms with Crippen LogP contribution in [0.5, 0.6) is 0 Å². The minimum atomic E-state index is -0.582. The van der Waals surface area contributed by atoms with E-state index in [1.54, 1.807) is 26.9 Å². The zero-order valence-corrected chi connectivity index (χ0v) is 12.6. The monoisotopic (exact) mass is 302 g/mol. The molecule has 0 atom stereocenters. The van der Waals surface area contributed by atoms with E-state index in [0.29, 0.717) is 0 Å².